The van der Waals surface area contributed by atoms with Crippen LogP contribution in [-0.2, 0) is 21.2 Å². The summed E-state index contributed by atoms with van der Waals surface area (Å²) in [5.74, 6) is 0.797. The maximum Gasteiger partial charge on any atom is 0.243 e. The van der Waals surface area contributed by atoms with E-state index in [0.29, 0.717) is 37.0 Å². The Morgan fingerprint density at radius 3 is 2.03 bits per heavy atom. The first-order valence-corrected chi connectivity index (χ1v) is 13.0. The number of sulfonamides is 1. The number of carbonyl (C=O) groups is 1. The second kappa shape index (κ2) is 10.1. The molecule has 2 aliphatic rings. The molecule has 172 valence electrons. The smallest absolute Gasteiger partial charge is 0.243 e. The molecular formula is C25H33N3O3S. The average Bonchev–Trinajstić information content (AvgIpc) is 2.85. The largest absolute Gasteiger partial charge is 0.341 e. The van der Waals surface area contributed by atoms with Gasteiger partial charge < -0.3 is 4.90 Å². The molecule has 0 radical (unpaired) electrons. The fourth-order valence-corrected chi connectivity index (χ4v) is 6.24. The number of hydrogen-bond donors (Lipinski definition) is 0. The monoisotopic (exact) mass is 455 g/mol. The lowest BCUT2D eigenvalue weighted by Gasteiger charge is -2.40. The van der Waals surface area contributed by atoms with Crippen molar-refractivity contribution in [2.75, 3.05) is 39.3 Å². The molecule has 7 heteroatoms. The lowest BCUT2D eigenvalue weighted by Crippen LogP contribution is -2.56. The van der Waals surface area contributed by atoms with E-state index in [1.807, 2.05) is 24.0 Å². The van der Waals surface area contributed by atoms with E-state index in [9.17, 15) is 13.2 Å². The Hall–Kier alpha value is -2.22. The molecule has 2 aromatic carbocycles. The van der Waals surface area contributed by atoms with Crippen molar-refractivity contribution in [1.82, 2.24) is 14.1 Å². The van der Waals surface area contributed by atoms with E-state index in [-0.39, 0.29) is 11.9 Å². The van der Waals surface area contributed by atoms with Crippen molar-refractivity contribution in [3.05, 3.63) is 66.2 Å². The minimum absolute atomic E-state index is 0.169. The van der Waals surface area contributed by atoms with Gasteiger partial charge in [0.05, 0.1) is 10.9 Å². The van der Waals surface area contributed by atoms with Crippen LogP contribution in [0.4, 0.5) is 0 Å². The van der Waals surface area contributed by atoms with E-state index < -0.39 is 10.0 Å². The summed E-state index contributed by atoms with van der Waals surface area (Å²) in [6.07, 6.45) is 3.16. The molecule has 1 amide bonds. The number of benzene rings is 2. The third-order valence-electron chi connectivity index (χ3n) is 6.85. The van der Waals surface area contributed by atoms with Gasteiger partial charge in [0.1, 0.15) is 0 Å². The van der Waals surface area contributed by atoms with Crippen molar-refractivity contribution in [2.24, 2.45) is 5.92 Å². The summed E-state index contributed by atoms with van der Waals surface area (Å²) in [6.45, 7) is 5.54. The molecule has 0 N–H and O–H groups in total. The van der Waals surface area contributed by atoms with Gasteiger partial charge in [-0.05, 0) is 49.8 Å². The minimum Gasteiger partial charge on any atom is -0.341 e. The summed E-state index contributed by atoms with van der Waals surface area (Å²) >= 11 is 0. The fraction of sp³-hybridized carbons (Fsp3) is 0.480. The summed E-state index contributed by atoms with van der Waals surface area (Å²) in [6, 6.07) is 18.9. The number of carbonyl (C=O) groups excluding carboxylic acids is 1. The molecule has 0 saturated carbocycles. The number of rotatable bonds is 6. The van der Waals surface area contributed by atoms with E-state index in [1.54, 1.807) is 24.3 Å². The Kier molecular flexibility index (Phi) is 7.28. The molecule has 2 aliphatic heterocycles. The Balaban J connectivity index is 1.26. The van der Waals surface area contributed by atoms with Crippen LogP contribution < -0.4 is 0 Å². The zero-order valence-corrected chi connectivity index (χ0v) is 19.6. The molecule has 2 fully saturated rings. The van der Waals surface area contributed by atoms with Crippen LogP contribution >= 0.6 is 0 Å². The second-order valence-electron chi connectivity index (χ2n) is 8.89. The van der Waals surface area contributed by atoms with Gasteiger partial charge in [-0.3, -0.25) is 9.69 Å². The number of likely N-dealkylation sites (tertiary alicyclic amines) is 1. The second-order valence-corrected chi connectivity index (χ2v) is 10.8. The highest BCUT2D eigenvalue weighted by atomic mass is 32.2. The van der Waals surface area contributed by atoms with E-state index in [4.69, 9.17) is 0 Å². The van der Waals surface area contributed by atoms with Gasteiger partial charge in [0, 0.05) is 39.3 Å². The lowest BCUT2D eigenvalue weighted by molar-refractivity contribution is -0.138. The van der Waals surface area contributed by atoms with E-state index in [0.717, 1.165) is 32.4 Å². The highest BCUT2D eigenvalue weighted by Gasteiger charge is 2.34. The third kappa shape index (κ3) is 5.22. The van der Waals surface area contributed by atoms with Crippen LogP contribution in [0.5, 0.6) is 0 Å². The van der Waals surface area contributed by atoms with Crippen LogP contribution in [-0.4, -0.2) is 73.7 Å². The third-order valence-corrected chi connectivity index (χ3v) is 8.77. The maximum absolute atomic E-state index is 13.1. The van der Waals surface area contributed by atoms with Crippen LogP contribution in [0.3, 0.4) is 0 Å². The Bertz CT molecular complexity index is 982. The molecule has 1 atom stereocenters. The zero-order chi connectivity index (χ0) is 22.6. The van der Waals surface area contributed by atoms with Gasteiger partial charge in [0.25, 0.3) is 0 Å². The predicted molar refractivity (Wildman–Crippen MR) is 126 cm³/mol. The van der Waals surface area contributed by atoms with Crippen molar-refractivity contribution in [1.29, 1.82) is 0 Å². The number of hydrogen-bond acceptors (Lipinski definition) is 4. The van der Waals surface area contributed by atoms with Gasteiger partial charge in [-0.25, -0.2) is 8.42 Å². The first kappa shape index (κ1) is 23.0. The van der Waals surface area contributed by atoms with E-state index in [1.165, 1.54) is 9.87 Å². The summed E-state index contributed by atoms with van der Waals surface area (Å²) in [4.78, 5) is 17.6. The minimum atomic E-state index is -3.47. The van der Waals surface area contributed by atoms with Crippen LogP contribution in [0, 0.1) is 5.92 Å². The number of amides is 1. The molecule has 32 heavy (non-hydrogen) atoms. The molecule has 2 aromatic rings. The van der Waals surface area contributed by atoms with Gasteiger partial charge in [-0.2, -0.15) is 4.31 Å². The van der Waals surface area contributed by atoms with Gasteiger partial charge in [-0.15, -0.1) is 0 Å². The van der Waals surface area contributed by atoms with Crippen molar-refractivity contribution < 1.29 is 13.2 Å². The summed E-state index contributed by atoms with van der Waals surface area (Å²) in [5, 5.41) is 0. The standard InChI is InChI=1S/C25H33N3O3S/c1-21(25(29)27-14-12-23(13-15-27)20-22-8-4-2-5-9-22)26-16-18-28(19-17-26)32(30,31)24-10-6-3-7-11-24/h2-11,21,23H,12-20H2,1H3. The molecule has 0 bridgehead atoms. The van der Waals surface area contributed by atoms with Crippen LogP contribution in [0.15, 0.2) is 65.6 Å². The summed E-state index contributed by atoms with van der Waals surface area (Å²) < 4.78 is 27.2. The lowest BCUT2D eigenvalue weighted by atomic mass is 9.90. The number of nitrogens with zero attached hydrogens (tertiary/aromatic N) is 3. The quantitative estimate of drug-likeness (QED) is 0.672. The average molecular weight is 456 g/mol. The van der Waals surface area contributed by atoms with Crippen LogP contribution in [0.1, 0.15) is 25.3 Å². The number of piperidine rings is 1. The molecule has 0 spiro atoms. The van der Waals surface area contributed by atoms with Gasteiger partial charge in [0.2, 0.25) is 15.9 Å². The molecule has 2 heterocycles. The number of piperazine rings is 1. The SMILES string of the molecule is CC(C(=O)N1CCC(Cc2ccccc2)CC1)N1CCN(S(=O)(=O)c2ccccc2)CC1. The highest BCUT2D eigenvalue weighted by molar-refractivity contribution is 7.89. The van der Waals surface area contributed by atoms with Crippen molar-refractivity contribution in [3.63, 3.8) is 0 Å². The van der Waals surface area contributed by atoms with Gasteiger partial charge in [0.15, 0.2) is 0 Å². The summed E-state index contributed by atoms with van der Waals surface area (Å²) in [7, 11) is -3.47. The van der Waals surface area contributed by atoms with Gasteiger partial charge >= 0.3 is 0 Å². The van der Waals surface area contributed by atoms with Crippen LogP contribution in [0.25, 0.3) is 0 Å². The maximum atomic E-state index is 13.1. The highest BCUT2D eigenvalue weighted by Crippen LogP contribution is 2.23. The summed E-state index contributed by atoms with van der Waals surface area (Å²) in [5.41, 5.74) is 1.37. The molecule has 0 aliphatic carbocycles. The molecular weight excluding hydrogens is 422 g/mol. The van der Waals surface area contributed by atoms with Crippen molar-refractivity contribution >= 4 is 15.9 Å². The van der Waals surface area contributed by atoms with Crippen LogP contribution in [0.2, 0.25) is 0 Å². The Morgan fingerprint density at radius 2 is 1.44 bits per heavy atom. The first-order chi connectivity index (χ1) is 15.4. The zero-order valence-electron chi connectivity index (χ0n) is 18.8. The fourth-order valence-electron chi connectivity index (χ4n) is 4.80. The molecule has 6 nitrogen and oxygen atoms in total. The Labute approximate surface area is 191 Å². The van der Waals surface area contributed by atoms with Gasteiger partial charge in [-0.1, -0.05) is 48.5 Å². The van der Waals surface area contributed by atoms with Crippen molar-refractivity contribution in [2.45, 2.75) is 37.1 Å². The molecule has 2 saturated heterocycles. The first-order valence-electron chi connectivity index (χ1n) is 11.6. The molecule has 4 rings (SSSR count). The molecule has 0 aromatic heterocycles. The van der Waals surface area contributed by atoms with E-state index >= 15 is 0 Å². The Morgan fingerprint density at radius 1 is 0.875 bits per heavy atom. The van der Waals surface area contributed by atoms with Crippen molar-refractivity contribution in [3.8, 4) is 0 Å². The normalized spacial score (nSPS) is 20.2. The predicted octanol–water partition coefficient (Wildman–Crippen LogP) is 2.86. The topological polar surface area (TPSA) is 60.9 Å². The van der Waals surface area contributed by atoms with E-state index in [2.05, 4.69) is 29.2 Å². The molecule has 1 unspecified atom stereocenters.